The lowest BCUT2D eigenvalue weighted by molar-refractivity contribution is -0.134. The van der Waals surface area contributed by atoms with Gasteiger partial charge in [-0.25, -0.2) is 8.78 Å². The maximum Gasteiger partial charge on any atom is 0.300 e. The monoisotopic (exact) mass is 423 g/mol. The number of carboxylic acids is 1. The summed E-state index contributed by atoms with van der Waals surface area (Å²) in [6.45, 7) is 7.41. The molecule has 0 unspecified atom stereocenters. The van der Waals surface area contributed by atoms with Crippen LogP contribution in [0.5, 0.6) is 0 Å². The van der Waals surface area contributed by atoms with Crippen molar-refractivity contribution in [1.82, 2.24) is 0 Å². The quantitative estimate of drug-likeness (QED) is 0.448. The lowest BCUT2D eigenvalue weighted by Crippen LogP contribution is -2.26. The molecule has 0 amide bonds. The van der Waals surface area contributed by atoms with Crippen molar-refractivity contribution >= 4 is 23.4 Å². The Hall–Kier alpha value is -2.08. The Kier molecular flexibility index (Phi) is 11.4. The zero-order valence-corrected chi connectivity index (χ0v) is 18.5. The van der Waals surface area contributed by atoms with Crippen LogP contribution in [0, 0.1) is 11.6 Å². The van der Waals surface area contributed by atoms with Crippen molar-refractivity contribution in [2.75, 3.05) is 24.2 Å². The molecule has 0 atom stereocenters. The van der Waals surface area contributed by atoms with Crippen molar-refractivity contribution in [3.8, 4) is 11.1 Å². The zero-order valence-electron chi connectivity index (χ0n) is 17.7. The summed E-state index contributed by atoms with van der Waals surface area (Å²) >= 11 is 1.64. The highest BCUT2D eigenvalue weighted by atomic mass is 32.2. The molecule has 2 aromatic carbocycles. The van der Waals surface area contributed by atoms with Crippen molar-refractivity contribution in [2.45, 2.75) is 51.3 Å². The Labute approximate surface area is 177 Å². The van der Waals surface area contributed by atoms with Gasteiger partial charge in [-0.3, -0.25) is 4.79 Å². The van der Waals surface area contributed by atoms with Crippen molar-refractivity contribution in [1.29, 1.82) is 0 Å². The van der Waals surface area contributed by atoms with Crippen LogP contribution in [0.25, 0.3) is 11.1 Å². The number of halogens is 2. The molecule has 3 nitrogen and oxygen atoms in total. The smallest absolute Gasteiger partial charge is 0.300 e. The van der Waals surface area contributed by atoms with E-state index in [0.717, 1.165) is 67.4 Å². The van der Waals surface area contributed by atoms with Crippen LogP contribution in [0.4, 0.5) is 14.5 Å². The van der Waals surface area contributed by atoms with E-state index >= 15 is 0 Å². The van der Waals surface area contributed by atoms with Gasteiger partial charge in [-0.1, -0.05) is 38.8 Å². The van der Waals surface area contributed by atoms with Gasteiger partial charge in [0.25, 0.3) is 5.97 Å². The SMILES string of the molecule is CC(=O)O.CCCCN(CCCC)c1cccc(SC)c1-c1ccc(F)c(F)c1. The molecule has 0 saturated heterocycles. The first-order chi connectivity index (χ1) is 13.8. The molecule has 0 spiro atoms. The number of aliphatic carboxylic acids is 1. The number of hydrogen-bond acceptors (Lipinski definition) is 3. The molecule has 0 fully saturated rings. The summed E-state index contributed by atoms with van der Waals surface area (Å²) in [6.07, 6.45) is 6.51. The van der Waals surface area contributed by atoms with Crippen LogP contribution in [-0.2, 0) is 4.79 Å². The number of anilines is 1. The minimum Gasteiger partial charge on any atom is -0.481 e. The van der Waals surface area contributed by atoms with Crippen molar-refractivity contribution < 1.29 is 18.7 Å². The predicted molar refractivity (Wildman–Crippen MR) is 119 cm³/mol. The number of thioether (sulfide) groups is 1. The van der Waals surface area contributed by atoms with E-state index in [0.29, 0.717) is 0 Å². The molecule has 0 aliphatic carbocycles. The van der Waals surface area contributed by atoms with E-state index in [1.807, 2.05) is 12.3 Å². The summed E-state index contributed by atoms with van der Waals surface area (Å²) in [5, 5.41) is 7.42. The molecule has 29 heavy (non-hydrogen) atoms. The van der Waals surface area contributed by atoms with Gasteiger partial charge in [0.05, 0.1) is 0 Å². The van der Waals surface area contributed by atoms with Crippen molar-refractivity contribution in [3.05, 3.63) is 48.0 Å². The van der Waals surface area contributed by atoms with Crippen LogP contribution in [-0.4, -0.2) is 30.4 Å². The highest BCUT2D eigenvalue weighted by Crippen LogP contribution is 2.39. The highest BCUT2D eigenvalue weighted by Gasteiger charge is 2.17. The summed E-state index contributed by atoms with van der Waals surface area (Å²) < 4.78 is 27.2. The fourth-order valence-electron chi connectivity index (χ4n) is 2.95. The lowest BCUT2D eigenvalue weighted by Gasteiger charge is -2.28. The fourth-order valence-corrected chi connectivity index (χ4v) is 3.59. The summed E-state index contributed by atoms with van der Waals surface area (Å²) in [5.41, 5.74) is 2.85. The molecule has 0 heterocycles. The van der Waals surface area contributed by atoms with E-state index in [1.165, 1.54) is 12.1 Å². The van der Waals surface area contributed by atoms with E-state index in [2.05, 4.69) is 30.9 Å². The van der Waals surface area contributed by atoms with Crippen LogP contribution >= 0.6 is 11.8 Å². The number of nitrogens with zero attached hydrogens (tertiary/aromatic N) is 1. The maximum atomic E-state index is 13.8. The van der Waals surface area contributed by atoms with E-state index in [1.54, 1.807) is 17.8 Å². The van der Waals surface area contributed by atoms with Gasteiger partial charge in [-0.15, -0.1) is 11.8 Å². The van der Waals surface area contributed by atoms with E-state index in [-0.39, 0.29) is 0 Å². The van der Waals surface area contributed by atoms with Gasteiger partial charge in [-0.2, -0.15) is 0 Å². The van der Waals surface area contributed by atoms with Gasteiger partial charge in [0.2, 0.25) is 0 Å². The van der Waals surface area contributed by atoms with E-state index in [9.17, 15) is 8.78 Å². The topological polar surface area (TPSA) is 40.5 Å². The second-order valence-electron chi connectivity index (χ2n) is 6.70. The Morgan fingerprint density at radius 1 is 1.03 bits per heavy atom. The lowest BCUT2D eigenvalue weighted by atomic mass is 10.0. The molecule has 2 rings (SSSR count). The zero-order chi connectivity index (χ0) is 21.8. The molecular weight excluding hydrogens is 392 g/mol. The molecule has 6 heteroatoms. The van der Waals surface area contributed by atoms with E-state index < -0.39 is 17.6 Å². The Balaban J connectivity index is 0.000000960. The van der Waals surface area contributed by atoms with Crippen LogP contribution in [0.1, 0.15) is 46.5 Å². The van der Waals surface area contributed by atoms with Gasteiger partial charge in [0.1, 0.15) is 0 Å². The Bertz CT molecular complexity index is 771. The molecule has 0 aromatic heterocycles. The normalized spacial score (nSPS) is 10.3. The third-order valence-electron chi connectivity index (χ3n) is 4.34. The van der Waals surface area contributed by atoms with Gasteiger partial charge >= 0.3 is 0 Å². The van der Waals surface area contributed by atoms with Crippen LogP contribution in [0.3, 0.4) is 0 Å². The molecule has 2 aromatic rings. The fraction of sp³-hybridized carbons (Fsp3) is 0.435. The van der Waals surface area contributed by atoms with Gasteiger partial charge in [0, 0.05) is 36.2 Å². The third-order valence-corrected chi connectivity index (χ3v) is 5.12. The summed E-state index contributed by atoms with van der Waals surface area (Å²) in [7, 11) is 0. The first-order valence-electron chi connectivity index (χ1n) is 9.92. The molecule has 0 bridgehead atoms. The molecule has 1 N–H and O–H groups in total. The molecule has 0 saturated carbocycles. The first-order valence-corrected chi connectivity index (χ1v) is 11.1. The molecule has 160 valence electrons. The standard InChI is InChI=1S/C21H27F2NS.C2H4O2/c1-4-6-13-24(14-7-5-2)19-9-8-10-20(25-3)21(19)16-11-12-17(22)18(23)15-16;1-2(3)4/h8-12,15H,4-7,13-14H2,1-3H3;1H3,(H,3,4). The second kappa shape index (κ2) is 13.2. The largest absolute Gasteiger partial charge is 0.481 e. The number of unbranched alkanes of at least 4 members (excludes halogenated alkanes) is 2. The third kappa shape index (κ3) is 8.05. The number of carbonyl (C=O) groups is 1. The number of hydrogen-bond donors (Lipinski definition) is 1. The molecule has 0 aliphatic heterocycles. The number of carboxylic acid groups (broad SMARTS) is 1. The minimum atomic E-state index is -0.833. The van der Waals surface area contributed by atoms with Gasteiger partial charge in [-0.05, 0) is 48.9 Å². The average Bonchev–Trinajstić information content (AvgIpc) is 2.69. The molecule has 0 aliphatic rings. The summed E-state index contributed by atoms with van der Waals surface area (Å²) in [6, 6.07) is 10.4. The summed E-state index contributed by atoms with van der Waals surface area (Å²) in [5.74, 6) is -2.44. The first kappa shape index (κ1) is 25.0. The predicted octanol–water partition coefficient (Wildman–Crippen LogP) is 6.85. The van der Waals surface area contributed by atoms with Gasteiger partial charge in [0.15, 0.2) is 11.6 Å². The Morgan fingerprint density at radius 2 is 1.62 bits per heavy atom. The average molecular weight is 424 g/mol. The second-order valence-corrected chi connectivity index (χ2v) is 7.54. The summed E-state index contributed by atoms with van der Waals surface area (Å²) in [4.78, 5) is 12.5. The number of rotatable bonds is 9. The van der Waals surface area contributed by atoms with E-state index in [4.69, 9.17) is 9.90 Å². The van der Waals surface area contributed by atoms with Crippen LogP contribution < -0.4 is 4.90 Å². The van der Waals surface area contributed by atoms with Gasteiger partial charge < -0.3 is 10.0 Å². The number of benzene rings is 2. The van der Waals surface area contributed by atoms with Crippen LogP contribution in [0.15, 0.2) is 41.3 Å². The Morgan fingerprint density at radius 3 is 2.10 bits per heavy atom. The van der Waals surface area contributed by atoms with Crippen molar-refractivity contribution in [2.24, 2.45) is 0 Å². The minimum absolute atomic E-state index is 0.733. The highest BCUT2D eigenvalue weighted by molar-refractivity contribution is 7.98. The maximum absolute atomic E-state index is 13.8. The van der Waals surface area contributed by atoms with Crippen molar-refractivity contribution in [3.63, 3.8) is 0 Å². The molecular formula is C23H31F2NO2S. The molecule has 0 radical (unpaired) electrons. The van der Waals surface area contributed by atoms with Crippen LogP contribution in [0.2, 0.25) is 0 Å².